The Morgan fingerprint density at radius 2 is 1.90 bits per heavy atom. The van der Waals surface area contributed by atoms with E-state index in [0.29, 0.717) is 24.2 Å². The van der Waals surface area contributed by atoms with Gasteiger partial charge in [-0.15, -0.1) is 11.3 Å². The molecule has 29 heavy (non-hydrogen) atoms. The van der Waals surface area contributed by atoms with Crippen LogP contribution < -0.4 is 11.1 Å². The van der Waals surface area contributed by atoms with E-state index in [1.807, 2.05) is 0 Å². The van der Waals surface area contributed by atoms with E-state index in [-0.39, 0.29) is 39.5 Å². The summed E-state index contributed by atoms with van der Waals surface area (Å²) in [5.74, 6) is -2.50. The molecule has 1 saturated heterocycles. The normalized spacial score (nSPS) is 15.6. The van der Waals surface area contributed by atoms with Crippen LogP contribution in [-0.2, 0) is 10.0 Å². The molecule has 1 aliphatic heterocycles. The smallest absolute Gasteiger partial charge is 0.259 e. The first-order valence-corrected chi connectivity index (χ1v) is 10.9. The van der Waals surface area contributed by atoms with Crippen molar-refractivity contribution < 1.29 is 22.4 Å². The predicted molar refractivity (Wildman–Crippen MR) is 106 cm³/mol. The molecule has 2 heterocycles. The molecule has 0 bridgehead atoms. The highest BCUT2D eigenvalue weighted by Crippen LogP contribution is 2.34. The molecule has 0 spiro atoms. The van der Waals surface area contributed by atoms with E-state index < -0.39 is 27.7 Å². The molecular weight excluding hydrogens is 419 g/mol. The third-order valence-corrected chi connectivity index (χ3v) is 7.92. The number of sulfonamides is 1. The largest absolute Gasteiger partial charge is 0.366 e. The van der Waals surface area contributed by atoms with E-state index in [1.165, 1.54) is 22.5 Å². The molecule has 1 aromatic carbocycles. The van der Waals surface area contributed by atoms with Crippen LogP contribution in [0.2, 0.25) is 0 Å². The number of nitrogens with zero attached hydrogens (tertiary/aromatic N) is 2. The highest BCUT2D eigenvalue weighted by atomic mass is 32.2. The third kappa shape index (κ3) is 4.29. The van der Waals surface area contributed by atoms with Crippen LogP contribution in [0.5, 0.6) is 0 Å². The molecule has 1 aliphatic rings. The summed E-state index contributed by atoms with van der Waals surface area (Å²) in [6.07, 6.45) is 0.849. The van der Waals surface area contributed by atoms with E-state index in [9.17, 15) is 22.4 Å². The van der Waals surface area contributed by atoms with Gasteiger partial charge >= 0.3 is 0 Å². The Kier molecular flexibility index (Phi) is 5.97. The van der Waals surface area contributed by atoms with Gasteiger partial charge in [-0.2, -0.15) is 4.31 Å². The lowest BCUT2D eigenvalue weighted by atomic mass is 10.1. The molecule has 11 heteroatoms. The fourth-order valence-electron chi connectivity index (χ4n) is 2.93. The zero-order valence-electron chi connectivity index (χ0n) is 15.1. The first kappa shape index (κ1) is 20.9. The number of benzene rings is 1. The summed E-state index contributed by atoms with van der Waals surface area (Å²) in [5.41, 5.74) is 4.91. The van der Waals surface area contributed by atoms with Crippen molar-refractivity contribution in [3.63, 3.8) is 0 Å². The van der Waals surface area contributed by atoms with E-state index in [4.69, 9.17) is 12.3 Å². The quantitative estimate of drug-likeness (QED) is 0.700. The number of primary amides is 1. The van der Waals surface area contributed by atoms with Crippen molar-refractivity contribution in [2.24, 2.45) is 5.73 Å². The zero-order valence-corrected chi connectivity index (χ0v) is 16.7. The maximum Gasteiger partial charge on any atom is 0.259 e. The minimum atomic E-state index is -3.92. The van der Waals surface area contributed by atoms with Crippen LogP contribution in [0.15, 0.2) is 34.5 Å². The van der Waals surface area contributed by atoms with Gasteiger partial charge < -0.3 is 15.9 Å². The van der Waals surface area contributed by atoms with Crippen LogP contribution in [0, 0.1) is 12.4 Å². The number of amides is 2. The van der Waals surface area contributed by atoms with Crippen LogP contribution in [0.3, 0.4) is 0 Å². The van der Waals surface area contributed by atoms with E-state index in [0.717, 1.165) is 12.1 Å². The molecule has 0 saturated carbocycles. The summed E-state index contributed by atoms with van der Waals surface area (Å²) in [4.78, 5) is 27.6. The first-order valence-electron chi connectivity index (χ1n) is 8.60. The Bertz CT molecular complexity index is 1100. The number of hydrogen-bond acceptors (Lipinski definition) is 5. The summed E-state index contributed by atoms with van der Waals surface area (Å²) < 4.78 is 40.7. The zero-order chi connectivity index (χ0) is 21.2. The minimum Gasteiger partial charge on any atom is -0.366 e. The molecule has 3 rings (SSSR count). The number of anilines is 1. The van der Waals surface area contributed by atoms with Gasteiger partial charge in [-0.25, -0.2) is 19.4 Å². The van der Waals surface area contributed by atoms with Gasteiger partial charge in [-0.1, -0.05) is 12.1 Å². The van der Waals surface area contributed by atoms with Crippen molar-refractivity contribution in [1.29, 1.82) is 0 Å². The Labute approximate surface area is 171 Å². The summed E-state index contributed by atoms with van der Waals surface area (Å²) in [6.45, 7) is 7.43. The lowest BCUT2D eigenvalue weighted by Gasteiger charge is -2.25. The third-order valence-electron chi connectivity index (χ3n) is 4.52. The van der Waals surface area contributed by atoms with Crippen molar-refractivity contribution >= 4 is 38.2 Å². The minimum absolute atomic E-state index is 0.0691. The van der Waals surface area contributed by atoms with E-state index >= 15 is 0 Å². The lowest BCUT2D eigenvalue weighted by molar-refractivity contribution is 0.100. The van der Waals surface area contributed by atoms with Gasteiger partial charge in [0.05, 0.1) is 11.1 Å². The second-order valence-electron chi connectivity index (χ2n) is 6.37. The Balaban J connectivity index is 1.89. The van der Waals surface area contributed by atoms with Gasteiger partial charge in [0.25, 0.3) is 21.8 Å². The van der Waals surface area contributed by atoms with Crippen LogP contribution in [0.25, 0.3) is 4.85 Å². The molecule has 2 aromatic rings. The van der Waals surface area contributed by atoms with Crippen LogP contribution in [0.4, 0.5) is 9.39 Å². The summed E-state index contributed by atoms with van der Waals surface area (Å²) in [5, 5.41) is 2.31. The molecule has 1 aromatic heterocycles. The molecule has 0 aliphatic carbocycles. The number of hydrogen-bond donors (Lipinski definition) is 2. The summed E-state index contributed by atoms with van der Waals surface area (Å²) in [7, 11) is -3.92. The van der Waals surface area contributed by atoms with Crippen LogP contribution in [0.1, 0.15) is 33.6 Å². The number of thiophene rings is 1. The monoisotopic (exact) mass is 436 g/mol. The summed E-state index contributed by atoms with van der Waals surface area (Å²) in [6, 6.07) is 6.18. The van der Waals surface area contributed by atoms with Crippen LogP contribution in [-0.4, -0.2) is 43.7 Å². The average molecular weight is 436 g/mol. The number of piperidine rings is 1. The van der Waals surface area contributed by atoms with Gasteiger partial charge in [0, 0.05) is 25.9 Å². The Morgan fingerprint density at radius 1 is 1.24 bits per heavy atom. The van der Waals surface area contributed by atoms with Crippen molar-refractivity contribution in [3.8, 4) is 0 Å². The number of nitrogens with two attached hydrogens (primary N) is 1. The Morgan fingerprint density at radius 3 is 2.48 bits per heavy atom. The number of carbonyl (C=O) groups is 2. The van der Waals surface area contributed by atoms with Gasteiger partial charge in [0.15, 0.2) is 0 Å². The number of rotatable bonds is 5. The highest BCUT2D eigenvalue weighted by molar-refractivity contribution is 7.91. The average Bonchev–Trinajstić information content (AvgIpc) is 3.13. The fraction of sp³-hybridized carbons (Fsp3) is 0.278. The van der Waals surface area contributed by atoms with Crippen molar-refractivity contribution in [2.45, 2.75) is 23.1 Å². The maximum absolute atomic E-state index is 13.8. The second kappa shape index (κ2) is 8.28. The molecule has 0 atom stereocenters. The second-order valence-corrected chi connectivity index (χ2v) is 9.59. The Hall–Kier alpha value is -2.81. The summed E-state index contributed by atoms with van der Waals surface area (Å²) >= 11 is 0.679. The maximum atomic E-state index is 13.8. The molecule has 0 radical (unpaired) electrons. The molecule has 8 nitrogen and oxygen atoms in total. The fourth-order valence-corrected chi connectivity index (χ4v) is 5.92. The number of halogens is 1. The molecule has 0 unspecified atom stereocenters. The van der Waals surface area contributed by atoms with Crippen molar-refractivity contribution in [3.05, 3.63) is 58.7 Å². The molecule has 1 fully saturated rings. The van der Waals surface area contributed by atoms with Crippen molar-refractivity contribution in [2.75, 3.05) is 18.4 Å². The SMILES string of the molecule is [C-]#[N+]C1CCN(S(=O)(=O)c2cc(C(N)=O)c(NC(=O)c3ccccc3F)s2)CC1. The topological polar surface area (TPSA) is 114 Å². The van der Waals surface area contributed by atoms with E-state index in [2.05, 4.69) is 10.2 Å². The molecule has 3 N–H and O–H groups in total. The molecule has 2 amide bonds. The lowest BCUT2D eigenvalue weighted by Crippen LogP contribution is -2.38. The van der Waals surface area contributed by atoms with Gasteiger partial charge in [-0.3, -0.25) is 9.59 Å². The van der Waals surface area contributed by atoms with Crippen LogP contribution >= 0.6 is 11.3 Å². The number of nitrogens with one attached hydrogen (secondary N) is 1. The first-order chi connectivity index (χ1) is 13.7. The molecule has 152 valence electrons. The molecular formula is C18H17FN4O4S2. The standard InChI is InChI=1S/C18H17FN4O4S2/c1-21-11-6-8-23(9-7-11)29(26,27)15-10-13(16(20)24)18(28-15)22-17(25)12-4-2-3-5-14(12)19/h2-5,10-11H,6-9H2,(H2,20,24)(H,22,25). The predicted octanol–water partition coefficient (Wildman–Crippen LogP) is 2.31. The van der Waals surface area contributed by atoms with Gasteiger partial charge in [-0.05, 0) is 18.2 Å². The van der Waals surface area contributed by atoms with Gasteiger partial charge in [0.1, 0.15) is 15.0 Å². The highest BCUT2D eigenvalue weighted by Gasteiger charge is 2.34. The van der Waals surface area contributed by atoms with Crippen molar-refractivity contribution in [1.82, 2.24) is 4.31 Å². The number of carbonyl (C=O) groups excluding carboxylic acids is 2. The van der Waals surface area contributed by atoms with Gasteiger partial charge in [0.2, 0.25) is 6.04 Å². The van der Waals surface area contributed by atoms with E-state index in [1.54, 1.807) is 0 Å².